The first kappa shape index (κ1) is 11.3. The van der Waals surface area contributed by atoms with Crippen LogP contribution in [-0.4, -0.2) is 37.6 Å². The highest BCUT2D eigenvalue weighted by molar-refractivity contribution is 5.95. The number of hydrogen-bond acceptors (Lipinski definition) is 4. The molecule has 0 aromatic heterocycles. The highest BCUT2D eigenvalue weighted by Gasteiger charge is 2.17. The molecule has 1 aliphatic rings. The summed E-state index contributed by atoms with van der Waals surface area (Å²) in [6.45, 7) is 0.00380. The van der Waals surface area contributed by atoms with Gasteiger partial charge in [-0.1, -0.05) is 0 Å². The van der Waals surface area contributed by atoms with E-state index in [4.69, 9.17) is 9.47 Å². The molecule has 17 heavy (non-hydrogen) atoms. The Morgan fingerprint density at radius 2 is 2.24 bits per heavy atom. The van der Waals surface area contributed by atoms with Crippen LogP contribution < -0.4 is 14.8 Å². The molecule has 0 aliphatic carbocycles. The zero-order valence-electron chi connectivity index (χ0n) is 9.52. The van der Waals surface area contributed by atoms with Crippen molar-refractivity contribution < 1.29 is 19.1 Å². The summed E-state index contributed by atoms with van der Waals surface area (Å²) in [5.74, 6) is 0.691. The Morgan fingerprint density at radius 3 is 2.94 bits per heavy atom. The molecule has 0 radical (unpaired) electrons. The Labute approximate surface area is 98.1 Å². The number of nitrogens with zero attached hydrogens (tertiary/aromatic N) is 1. The fraction of sp³-hybridized carbons (Fsp3) is 0.273. The van der Waals surface area contributed by atoms with E-state index in [9.17, 15) is 9.59 Å². The number of amides is 2. The second-order valence-electron chi connectivity index (χ2n) is 3.76. The molecule has 90 valence electrons. The summed E-state index contributed by atoms with van der Waals surface area (Å²) in [6, 6.07) is 4.80. The van der Waals surface area contributed by atoms with Crippen LogP contribution in [0.2, 0.25) is 0 Å². The van der Waals surface area contributed by atoms with Crippen molar-refractivity contribution >= 4 is 17.7 Å². The fourth-order valence-electron chi connectivity index (χ4n) is 1.32. The minimum absolute atomic E-state index is 0.00380. The number of carbonyl (C=O) groups excluding carboxylic acids is 2. The van der Waals surface area contributed by atoms with Gasteiger partial charge < -0.3 is 19.7 Å². The number of rotatable bonds is 1. The van der Waals surface area contributed by atoms with Crippen molar-refractivity contribution in [1.82, 2.24) is 4.90 Å². The average molecular weight is 236 g/mol. The summed E-state index contributed by atoms with van der Waals surface area (Å²) < 4.78 is 10.2. The van der Waals surface area contributed by atoms with Crippen molar-refractivity contribution in [3.63, 3.8) is 0 Å². The Kier molecular flexibility index (Phi) is 2.86. The van der Waals surface area contributed by atoms with Crippen LogP contribution in [0.4, 0.5) is 10.5 Å². The van der Waals surface area contributed by atoms with Crippen molar-refractivity contribution in [2.45, 2.75) is 0 Å². The van der Waals surface area contributed by atoms with Crippen LogP contribution in [-0.2, 0) is 4.79 Å². The number of carbonyl (C=O) groups is 2. The van der Waals surface area contributed by atoms with Crippen LogP contribution in [0.25, 0.3) is 0 Å². The van der Waals surface area contributed by atoms with E-state index in [0.29, 0.717) is 17.2 Å². The van der Waals surface area contributed by atoms with Crippen LogP contribution in [0.1, 0.15) is 0 Å². The standard InChI is InChI=1S/C11H12N2O4/c1-13(2)11(15)17-7-3-4-9-8(5-7)12-10(14)6-16-9/h3-5H,6H2,1-2H3,(H,12,14). The van der Waals surface area contributed by atoms with E-state index in [1.807, 2.05) is 0 Å². The van der Waals surface area contributed by atoms with Crippen LogP contribution in [0.15, 0.2) is 18.2 Å². The molecule has 0 spiro atoms. The summed E-state index contributed by atoms with van der Waals surface area (Å²) in [6.07, 6.45) is -0.479. The maximum Gasteiger partial charge on any atom is 0.414 e. The van der Waals surface area contributed by atoms with Gasteiger partial charge in [-0.05, 0) is 12.1 Å². The second kappa shape index (κ2) is 4.32. The molecule has 0 atom stereocenters. The third-order valence-electron chi connectivity index (χ3n) is 2.15. The third kappa shape index (κ3) is 2.47. The Balaban J connectivity index is 2.18. The van der Waals surface area contributed by atoms with E-state index in [1.165, 1.54) is 4.90 Å². The molecule has 0 unspecified atom stereocenters. The lowest BCUT2D eigenvalue weighted by Gasteiger charge is -2.18. The maximum absolute atomic E-state index is 11.3. The van der Waals surface area contributed by atoms with Gasteiger partial charge in [-0.15, -0.1) is 0 Å². The molecule has 1 aromatic carbocycles. The molecule has 1 heterocycles. The molecule has 0 saturated carbocycles. The molecule has 6 heteroatoms. The molecule has 1 N–H and O–H groups in total. The van der Waals surface area contributed by atoms with E-state index in [0.717, 1.165) is 0 Å². The summed E-state index contributed by atoms with van der Waals surface area (Å²) >= 11 is 0. The zero-order chi connectivity index (χ0) is 12.4. The van der Waals surface area contributed by atoms with Crippen molar-refractivity contribution in [2.75, 3.05) is 26.0 Å². The molecule has 2 amide bonds. The average Bonchev–Trinajstić information content (AvgIpc) is 2.28. The smallest absolute Gasteiger partial charge is 0.414 e. The monoisotopic (exact) mass is 236 g/mol. The topological polar surface area (TPSA) is 67.9 Å². The zero-order valence-corrected chi connectivity index (χ0v) is 9.52. The highest BCUT2D eigenvalue weighted by Crippen LogP contribution is 2.31. The summed E-state index contributed by atoms with van der Waals surface area (Å²) in [7, 11) is 3.18. The van der Waals surface area contributed by atoms with Crippen LogP contribution >= 0.6 is 0 Å². The van der Waals surface area contributed by atoms with Crippen LogP contribution in [0, 0.1) is 0 Å². The third-order valence-corrected chi connectivity index (χ3v) is 2.15. The predicted molar refractivity (Wildman–Crippen MR) is 60.3 cm³/mol. The van der Waals surface area contributed by atoms with Crippen molar-refractivity contribution in [2.24, 2.45) is 0 Å². The first-order chi connectivity index (χ1) is 8.06. The predicted octanol–water partition coefficient (Wildman–Crippen LogP) is 1.08. The molecule has 6 nitrogen and oxygen atoms in total. The molecule has 1 aromatic rings. The van der Waals surface area contributed by atoms with Gasteiger partial charge in [0.05, 0.1) is 5.69 Å². The van der Waals surface area contributed by atoms with Gasteiger partial charge in [0, 0.05) is 20.2 Å². The normalized spacial score (nSPS) is 13.2. The first-order valence-corrected chi connectivity index (χ1v) is 5.02. The molecular weight excluding hydrogens is 224 g/mol. The SMILES string of the molecule is CN(C)C(=O)Oc1ccc2c(c1)NC(=O)CO2. The number of hydrogen-bond donors (Lipinski definition) is 1. The minimum Gasteiger partial charge on any atom is -0.482 e. The van der Waals surface area contributed by atoms with Gasteiger partial charge in [0.25, 0.3) is 5.91 Å². The van der Waals surface area contributed by atoms with E-state index in [2.05, 4.69) is 5.32 Å². The lowest BCUT2D eigenvalue weighted by Crippen LogP contribution is -2.26. The van der Waals surface area contributed by atoms with Crippen LogP contribution in [0.5, 0.6) is 11.5 Å². The van der Waals surface area contributed by atoms with E-state index >= 15 is 0 Å². The molecule has 0 bridgehead atoms. The van der Waals surface area contributed by atoms with Crippen molar-refractivity contribution in [3.8, 4) is 11.5 Å². The van der Waals surface area contributed by atoms with Gasteiger partial charge in [-0.2, -0.15) is 0 Å². The molecule has 0 fully saturated rings. The molecule has 2 rings (SSSR count). The van der Waals surface area contributed by atoms with Crippen molar-refractivity contribution in [3.05, 3.63) is 18.2 Å². The van der Waals surface area contributed by atoms with Gasteiger partial charge in [0.2, 0.25) is 0 Å². The Hall–Kier alpha value is -2.24. The van der Waals surface area contributed by atoms with Gasteiger partial charge in [0.1, 0.15) is 11.5 Å². The molecule has 0 saturated heterocycles. The number of fused-ring (bicyclic) bond motifs is 1. The largest absolute Gasteiger partial charge is 0.482 e. The summed E-state index contributed by atoms with van der Waals surface area (Å²) in [5.41, 5.74) is 0.505. The lowest BCUT2D eigenvalue weighted by molar-refractivity contribution is -0.118. The quantitative estimate of drug-likeness (QED) is 0.792. The van der Waals surface area contributed by atoms with Gasteiger partial charge in [-0.25, -0.2) is 4.79 Å². The van der Waals surface area contributed by atoms with Gasteiger partial charge >= 0.3 is 6.09 Å². The fourth-order valence-corrected chi connectivity index (χ4v) is 1.32. The number of nitrogens with one attached hydrogen (secondary N) is 1. The minimum atomic E-state index is -0.479. The van der Waals surface area contributed by atoms with Gasteiger partial charge in [0.15, 0.2) is 6.61 Å². The maximum atomic E-state index is 11.3. The number of anilines is 1. The first-order valence-electron chi connectivity index (χ1n) is 5.02. The summed E-state index contributed by atoms with van der Waals surface area (Å²) in [5, 5.41) is 2.63. The number of benzene rings is 1. The van der Waals surface area contributed by atoms with Crippen molar-refractivity contribution in [1.29, 1.82) is 0 Å². The van der Waals surface area contributed by atoms with Crippen LogP contribution in [0.3, 0.4) is 0 Å². The Morgan fingerprint density at radius 1 is 1.47 bits per heavy atom. The van der Waals surface area contributed by atoms with Gasteiger partial charge in [-0.3, -0.25) is 4.79 Å². The highest BCUT2D eigenvalue weighted by atomic mass is 16.6. The lowest BCUT2D eigenvalue weighted by atomic mass is 10.2. The number of ether oxygens (including phenoxy) is 2. The van der Waals surface area contributed by atoms with E-state index in [-0.39, 0.29) is 12.5 Å². The second-order valence-corrected chi connectivity index (χ2v) is 3.76. The van der Waals surface area contributed by atoms with E-state index in [1.54, 1.807) is 32.3 Å². The van der Waals surface area contributed by atoms with E-state index < -0.39 is 6.09 Å². The summed E-state index contributed by atoms with van der Waals surface area (Å²) in [4.78, 5) is 23.8. The Bertz CT molecular complexity index is 471. The molecular formula is C11H12N2O4. The molecule has 1 aliphatic heterocycles.